The molecule has 3 nitrogen and oxygen atoms in total. The normalized spacial score (nSPS) is 21.6. The van der Waals surface area contributed by atoms with Gasteiger partial charge in [-0.05, 0) is 37.3 Å². The zero-order chi connectivity index (χ0) is 13.8. The second-order valence-corrected chi connectivity index (χ2v) is 6.36. The number of aliphatic hydroxyl groups is 1. The van der Waals surface area contributed by atoms with Gasteiger partial charge in [0.1, 0.15) is 0 Å². The van der Waals surface area contributed by atoms with Gasteiger partial charge in [-0.25, -0.2) is 0 Å². The molecule has 3 heteroatoms. The fraction of sp³-hybridized carbons (Fsp3) is 0.647. The van der Waals surface area contributed by atoms with Crippen LogP contribution in [-0.2, 0) is 6.54 Å². The third kappa shape index (κ3) is 3.15. The van der Waals surface area contributed by atoms with Crippen LogP contribution in [0.4, 0.5) is 5.69 Å². The van der Waals surface area contributed by atoms with Crippen LogP contribution >= 0.6 is 0 Å². The summed E-state index contributed by atoms with van der Waals surface area (Å²) in [6, 6.07) is 8.68. The lowest BCUT2D eigenvalue weighted by Gasteiger charge is -2.24. The van der Waals surface area contributed by atoms with E-state index in [2.05, 4.69) is 34.5 Å². The van der Waals surface area contributed by atoms with E-state index in [0.29, 0.717) is 0 Å². The minimum atomic E-state index is -0.456. The molecule has 110 valence electrons. The molecule has 2 fully saturated rings. The van der Waals surface area contributed by atoms with Gasteiger partial charge >= 0.3 is 0 Å². The number of nitrogens with zero attached hydrogens (tertiary/aromatic N) is 1. The van der Waals surface area contributed by atoms with Crippen LogP contribution in [0.25, 0.3) is 0 Å². The average molecular weight is 274 g/mol. The summed E-state index contributed by atoms with van der Waals surface area (Å²) in [7, 11) is 0. The molecular weight excluding hydrogens is 248 g/mol. The van der Waals surface area contributed by atoms with Crippen molar-refractivity contribution >= 4 is 5.69 Å². The van der Waals surface area contributed by atoms with Gasteiger partial charge in [-0.3, -0.25) is 0 Å². The van der Waals surface area contributed by atoms with Crippen molar-refractivity contribution in [1.29, 1.82) is 0 Å². The summed E-state index contributed by atoms with van der Waals surface area (Å²) in [4.78, 5) is 2.49. The number of hydrogen-bond acceptors (Lipinski definition) is 3. The standard InChI is InChI=1S/C17H26N2O/c20-17(9-3-4-10-17)14-18-13-15-7-1-2-8-16(15)19-11-5-6-12-19/h1-2,7-8,18,20H,3-6,9-14H2. The molecule has 1 aromatic rings. The van der Waals surface area contributed by atoms with E-state index >= 15 is 0 Å². The van der Waals surface area contributed by atoms with Crippen LogP contribution in [0.2, 0.25) is 0 Å². The number of benzene rings is 1. The molecule has 2 N–H and O–H groups in total. The Bertz CT molecular complexity index is 434. The van der Waals surface area contributed by atoms with Crippen LogP contribution in [0.3, 0.4) is 0 Å². The molecule has 0 spiro atoms. The van der Waals surface area contributed by atoms with Gasteiger partial charge in [0.05, 0.1) is 5.60 Å². The molecule has 1 saturated carbocycles. The highest BCUT2D eigenvalue weighted by Crippen LogP contribution is 2.29. The first-order valence-electron chi connectivity index (χ1n) is 8.03. The smallest absolute Gasteiger partial charge is 0.0771 e. The zero-order valence-corrected chi connectivity index (χ0v) is 12.3. The maximum Gasteiger partial charge on any atom is 0.0771 e. The minimum absolute atomic E-state index is 0.456. The predicted molar refractivity (Wildman–Crippen MR) is 83.0 cm³/mol. The molecule has 0 bridgehead atoms. The highest BCUT2D eigenvalue weighted by Gasteiger charge is 2.30. The molecule has 0 atom stereocenters. The molecule has 3 rings (SSSR count). The molecule has 1 aliphatic carbocycles. The number of para-hydroxylation sites is 1. The number of anilines is 1. The summed E-state index contributed by atoms with van der Waals surface area (Å²) in [6.07, 6.45) is 6.86. The van der Waals surface area contributed by atoms with E-state index in [0.717, 1.165) is 25.9 Å². The summed E-state index contributed by atoms with van der Waals surface area (Å²) >= 11 is 0. The van der Waals surface area contributed by atoms with Crippen molar-refractivity contribution in [3.05, 3.63) is 29.8 Å². The van der Waals surface area contributed by atoms with Crippen molar-refractivity contribution in [2.75, 3.05) is 24.5 Å². The Morgan fingerprint density at radius 1 is 1.05 bits per heavy atom. The minimum Gasteiger partial charge on any atom is -0.389 e. The Labute approximate surface area is 122 Å². The second kappa shape index (κ2) is 6.15. The van der Waals surface area contributed by atoms with Crippen molar-refractivity contribution in [3.8, 4) is 0 Å². The summed E-state index contributed by atoms with van der Waals surface area (Å²) in [5.74, 6) is 0. The van der Waals surface area contributed by atoms with E-state index in [1.807, 2.05) is 0 Å². The molecular formula is C17H26N2O. The molecule has 0 aromatic heterocycles. The largest absolute Gasteiger partial charge is 0.389 e. The maximum atomic E-state index is 10.4. The van der Waals surface area contributed by atoms with Crippen LogP contribution in [0.15, 0.2) is 24.3 Å². The van der Waals surface area contributed by atoms with Gasteiger partial charge in [-0.2, -0.15) is 0 Å². The van der Waals surface area contributed by atoms with Gasteiger partial charge in [-0.1, -0.05) is 31.0 Å². The Balaban J connectivity index is 1.59. The quantitative estimate of drug-likeness (QED) is 0.866. The lowest BCUT2D eigenvalue weighted by Crippen LogP contribution is -2.37. The average Bonchev–Trinajstić information content (AvgIpc) is 3.11. The Morgan fingerprint density at radius 2 is 1.75 bits per heavy atom. The van der Waals surface area contributed by atoms with Crippen molar-refractivity contribution in [3.63, 3.8) is 0 Å². The Kier molecular flexibility index (Phi) is 4.27. The molecule has 2 aliphatic rings. The fourth-order valence-corrected chi connectivity index (χ4v) is 3.57. The van der Waals surface area contributed by atoms with E-state index in [1.165, 1.54) is 50.0 Å². The third-order valence-corrected chi connectivity index (χ3v) is 4.74. The van der Waals surface area contributed by atoms with E-state index in [4.69, 9.17) is 0 Å². The van der Waals surface area contributed by atoms with Crippen LogP contribution in [0.5, 0.6) is 0 Å². The first kappa shape index (κ1) is 13.9. The van der Waals surface area contributed by atoms with Crippen LogP contribution in [-0.4, -0.2) is 30.3 Å². The van der Waals surface area contributed by atoms with Crippen molar-refractivity contribution in [2.45, 2.75) is 50.7 Å². The molecule has 1 saturated heterocycles. The fourth-order valence-electron chi connectivity index (χ4n) is 3.57. The highest BCUT2D eigenvalue weighted by molar-refractivity contribution is 5.54. The van der Waals surface area contributed by atoms with Gasteiger partial charge in [-0.15, -0.1) is 0 Å². The van der Waals surface area contributed by atoms with Gasteiger partial charge in [0.25, 0.3) is 0 Å². The van der Waals surface area contributed by atoms with Gasteiger partial charge < -0.3 is 15.3 Å². The van der Waals surface area contributed by atoms with E-state index in [-0.39, 0.29) is 0 Å². The van der Waals surface area contributed by atoms with E-state index < -0.39 is 5.60 Å². The Morgan fingerprint density at radius 3 is 2.50 bits per heavy atom. The monoisotopic (exact) mass is 274 g/mol. The Hall–Kier alpha value is -1.06. The zero-order valence-electron chi connectivity index (χ0n) is 12.3. The van der Waals surface area contributed by atoms with Crippen LogP contribution < -0.4 is 10.2 Å². The predicted octanol–water partition coefficient (Wildman–Crippen LogP) is 2.68. The second-order valence-electron chi connectivity index (χ2n) is 6.36. The lowest BCUT2D eigenvalue weighted by molar-refractivity contribution is 0.0475. The molecule has 0 amide bonds. The topological polar surface area (TPSA) is 35.5 Å². The first-order valence-corrected chi connectivity index (χ1v) is 8.03. The molecule has 0 unspecified atom stereocenters. The van der Waals surface area contributed by atoms with Crippen LogP contribution in [0.1, 0.15) is 44.1 Å². The SMILES string of the molecule is OC1(CNCc2ccccc2N2CCCC2)CCCC1. The third-order valence-electron chi connectivity index (χ3n) is 4.74. The van der Waals surface area contributed by atoms with Gasteiger partial charge in [0, 0.05) is 31.9 Å². The highest BCUT2D eigenvalue weighted by atomic mass is 16.3. The number of nitrogens with one attached hydrogen (secondary N) is 1. The lowest BCUT2D eigenvalue weighted by atomic mass is 10.0. The summed E-state index contributed by atoms with van der Waals surface area (Å²) in [6.45, 7) is 3.94. The maximum absolute atomic E-state index is 10.4. The summed E-state index contributed by atoms with van der Waals surface area (Å²) in [5.41, 5.74) is 2.27. The molecule has 0 radical (unpaired) electrons. The van der Waals surface area contributed by atoms with Crippen LogP contribution in [0, 0.1) is 0 Å². The van der Waals surface area contributed by atoms with Crippen molar-refractivity contribution < 1.29 is 5.11 Å². The number of rotatable bonds is 5. The summed E-state index contributed by atoms with van der Waals surface area (Å²) < 4.78 is 0. The van der Waals surface area contributed by atoms with E-state index in [1.54, 1.807) is 0 Å². The molecule has 1 aromatic carbocycles. The number of hydrogen-bond donors (Lipinski definition) is 2. The molecule has 1 aliphatic heterocycles. The summed E-state index contributed by atoms with van der Waals surface area (Å²) in [5, 5.41) is 13.8. The first-order chi connectivity index (χ1) is 9.77. The van der Waals surface area contributed by atoms with Gasteiger partial charge in [0.2, 0.25) is 0 Å². The van der Waals surface area contributed by atoms with Crippen molar-refractivity contribution in [2.24, 2.45) is 0 Å². The molecule has 1 heterocycles. The van der Waals surface area contributed by atoms with Gasteiger partial charge in [0.15, 0.2) is 0 Å². The van der Waals surface area contributed by atoms with Crippen molar-refractivity contribution in [1.82, 2.24) is 5.32 Å². The molecule has 20 heavy (non-hydrogen) atoms. The van der Waals surface area contributed by atoms with E-state index in [9.17, 15) is 5.11 Å².